The maximum Gasteiger partial charge on any atom is 0.376 e. The zero-order valence-corrected chi connectivity index (χ0v) is 7.68. The molecule has 0 aliphatic rings. The van der Waals surface area contributed by atoms with Gasteiger partial charge in [-0.25, -0.2) is 9.78 Å². The fourth-order valence-corrected chi connectivity index (χ4v) is 1.53. The van der Waals surface area contributed by atoms with Crippen LogP contribution in [0.3, 0.4) is 0 Å². The van der Waals surface area contributed by atoms with E-state index in [1.165, 1.54) is 0 Å². The molecule has 0 fully saturated rings. The Morgan fingerprint density at radius 1 is 1.50 bits per heavy atom. The number of aromatic carboxylic acids is 1. The van der Waals surface area contributed by atoms with Gasteiger partial charge in [0.15, 0.2) is 5.44 Å². The van der Waals surface area contributed by atoms with Crippen LogP contribution in [-0.4, -0.2) is 25.8 Å². The van der Waals surface area contributed by atoms with Gasteiger partial charge < -0.3 is 20.6 Å². The molecule has 1 rings (SSSR count). The average molecular weight is 218 g/mol. The summed E-state index contributed by atoms with van der Waals surface area (Å²) in [4.78, 5) is 31.4. The minimum Gasteiger partial charge on any atom is -0.478 e. The highest BCUT2D eigenvalue weighted by molar-refractivity contribution is 7.60. The van der Waals surface area contributed by atoms with Crippen LogP contribution < -0.4 is 11.2 Å². The summed E-state index contributed by atoms with van der Waals surface area (Å²) >= 11 is 0. The Kier molecular flexibility index (Phi) is 2.57. The van der Waals surface area contributed by atoms with Gasteiger partial charge >= 0.3 is 13.6 Å². The van der Waals surface area contributed by atoms with Gasteiger partial charge in [0.2, 0.25) is 0 Å². The van der Waals surface area contributed by atoms with Crippen LogP contribution in [0, 0.1) is 0 Å². The third-order valence-corrected chi connectivity index (χ3v) is 2.38. The van der Waals surface area contributed by atoms with E-state index in [9.17, 15) is 9.36 Å². The summed E-state index contributed by atoms with van der Waals surface area (Å²) in [6.45, 7) is 0. The van der Waals surface area contributed by atoms with Crippen LogP contribution in [0.15, 0.2) is 12.3 Å². The van der Waals surface area contributed by atoms with Crippen LogP contribution in [0.5, 0.6) is 0 Å². The molecular formula is C6H7N2O5P. The van der Waals surface area contributed by atoms with Gasteiger partial charge in [-0.05, 0) is 6.07 Å². The number of nitrogens with two attached hydrogens (primary N) is 1. The van der Waals surface area contributed by atoms with Gasteiger partial charge in [0.05, 0.1) is 11.3 Å². The molecule has 0 saturated heterocycles. The second kappa shape index (κ2) is 3.38. The number of rotatable bonds is 2. The second-order valence-corrected chi connectivity index (χ2v) is 3.96. The Labute approximate surface area is 78.4 Å². The molecule has 1 aromatic heterocycles. The van der Waals surface area contributed by atoms with E-state index in [0.717, 1.165) is 12.3 Å². The SMILES string of the molecule is Nc1c(C(=O)O)ccnc1P(=O)(O)O. The van der Waals surface area contributed by atoms with E-state index >= 15 is 0 Å². The second-order valence-electron chi connectivity index (χ2n) is 2.44. The number of hydrogen-bond acceptors (Lipinski definition) is 4. The van der Waals surface area contributed by atoms with Crippen molar-refractivity contribution in [3.8, 4) is 0 Å². The number of carboxylic acids is 1. The number of anilines is 1. The highest BCUT2D eigenvalue weighted by Crippen LogP contribution is 2.35. The van der Waals surface area contributed by atoms with Gasteiger partial charge in [0, 0.05) is 6.20 Å². The molecular weight excluding hydrogens is 211 g/mol. The van der Waals surface area contributed by atoms with Crippen LogP contribution >= 0.6 is 7.60 Å². The minimum absolute atomic E-state index is 0.377. The summed E-state index contributed by atoms with van der Waals surface area (Å²) in [5, 5.41) is 8.60. The molecule has 0 spiro atoms. The number of nitrogen functional groups attached to an aromatic ring is 1. The topological polar surface area (TPSA) is 134 Å². The van der Waals surface area contributed by atoms with Crippen molar-refractivity contribution in [2.45, 2.75) is 0 Å². The molecule has 7 nitrogen and oxygen atoms in total. The summed E-state index contributed by atoms with van der Waals surface area (Å²) < 4.78 is 10.8. The Morgan fingerprint density at radius 3 is 2.50 bits per heavy atom. The molecule has 0 atom stereocenters. The average Bonchev–Trinajstić information content (AvgIpc) is 2.01. The molecule has 8 heteroatoms. The van der Waals surface area contributed by atoms with Gasteiger partial charge in [-0.1, -0.05) is 0 Å². The zero-order chi connectivity index (χ0) is 10.9. The fourth-order valence-electron chi connectivity index (χ4n) is 0.881. The van der Waals surface area contributed by atoms with Crippen LogP contribution in [0.2, 0.25) is 0 Å². The van der Waals surface area contributed by atoms with E-state index in [0.29, 0.717) is 0 Å². The van der Waals surface area contributed by atoms with Gasteiger partial charge in [-0.2, -0.15) is 0 Å². The summed E-state index contributed by atoms with van der Waals surface area (Å²) in [5.41, 5.74) is 3.64. The van der Waals surface area contributed by atoms with Crippen molar-refractivity contribution in [3.05, 3.63) is 17.8 Å². The van der Waals surface area contributed by atoms with Gasteiger partial charge in [0.25, 0.3) is 0 Å². The lowest BCUT2D eigenvalue weighted by molar-refractivity contribution is 0.0698. The Balaban J connectivity index is 3.43. The lowest BCUT2D eigenvalue weighted by Crippen LogP contribution is -2.18. The van der Waals surface area contributed by atoms with Crippen LogP contribution in [0.4, 0.5) is 5.69 Å². The predicted molar refractivity (Wildman–Crippen MR) is 47.3 cm³/mol. The number of carbonyl (C=O) groups is 1. The molecule has 0 aliphatic carbocycles. The van der Waals surface area contributed by atoms with E-state index in [1.807, 2.05) is 0 Å². The quantitative estimate of drug-likeness (QED) is 0.475. The molecule has 1 aromatic rings. The maximum atomic E-state index is 10.8. The molecule has 0 aliphatic heterocycles. The molecule has 0 bridgehead atoms. The molecule has 0 radical (unpaired) electrons. The Hall–Kier alpha value is -1.43. The highest BCUT2D eigenvalue weighted by Gasteiger charge is 2.25. The highest BCUT2D eigenvalue weighted by atomic mass is 31.2. The molecule has 0 saturated carbocycles. The first kappa shape index (κ1) is 10.6. The van der Waals surface area contributed by atoms with Gasteiger partial charge in [-0.3, -0.25) is 4.57 Å². The number of aromatic nitrogens is 1. The smallest absolute Gasteiger partial charge is 0.376 e. The van der Waals surface area contributed by atoms with Crippen molar-refractivity contribution >= 4 is 24.7 Å². The third-order valence-electron chi connectivity index (χ3n) is 1.48. The predicted octanol–water partition coefficient (Wildman–Crippen LogP) is -0.835. The molecule has 1 heterocycles. The summed E-state index contributed by atoms with van der Waals surface area (Å²) in [5.74, 6) is -1.36. The number of pyridine rings is 1. The lowest BCUT2D eigenvalue weighted by Gasteiger charge is -2.07. The largest absolute Gasteiger partial charge is 0.478 e. The van der Waals surface area contributed by atoms with Crippen LogP contribution in [0.25, 0.3) is 0 Å². The van der Waals surface area contributed by atoms with Crippen LogP contribution in [0.1, 0.15) is 10.4 Å². The summed E-state index contributed by atoms with van der Waals surface area (Å²) in [7, 11) is -4.62. The van der Waals surface area contributed by atoms with Crippen molar-refractivity contribution < 1.29 is 24.3 Å². The minimum atomic E-state index is -4.62. The van der Waals surface area contributed by atoms with E-state index in [1.54, 1.807) is 0 Å². The van der Waals surface area contributed by atoms with Crippen molar-refractivity contribution in [3.63, 3.8) is 0 Å². The normalized spacial score (nSPS) is 11.3. The van der Waals surface area contributed by atoms with Crippen molar-refractivity contribution in [2.75, 3.05) is 5.73 Å². The first-order valence-corrected chi connectivity index (χ1v) is 4.99. The maximum absolute atomic E-state index is 10.8. The molecule has 5 N–H and O–H groups in total. The summed E-state index contributed by atoms with van der Waals surface area (Å²) in [6.07, 6.45) is 0.980. The molecule has 14 heavy (non-hydrogen) atoms. The van der Waals surface area contributed by atoms with Gasteiger partial charge in [-0.15, -0.1) is 0 Å². The van der Waals surface area contributed by atoms with Gasteiger partial charge in [0.1, 0.15) is 0 Å². The first-order chi connectivity index (χ1) is 6.34. The van der Waals surface area contributed by atoms with E-state index < -0.39 is 24.7 Å². The monoisotopic (exact) mass is 218 g/mol. The summed E-state index contributed by atoms with van der Waals surface area (Å²) in [6, 6.07) is 1.07. The van der Waals surface area contributed by atoms with E-state index in [-0.39, 0.29) is 5.56 Å². The molecule has 76 valence electrons. The first-order valence-electron chi connectivity index (χ1n) is 3.38. The number of hydrogen-bond donors (Lipinski definition) is 4. The molecule has 0 amide bonds. The van der Waals surface area contributed by atoms with Crippen molar-refractivity contribution in [1.29, 1.82) is 0 Å². The molecule has 0 unspecified atom stereocenters. The zero-order valence-electron chi connectivity index (χ0n) is 6.78. The van der Waals surface area contributed by atoms with Crippen molar-refractivity contribution in [2.24, 2.45) is 0 Å². The van der Waals surface area contributed by atoms with E-state index in [4.69, 9.17) is 20.6 Å². The Morgan fingerprint density at radius 2 is 2.07 bits per heavy atom. The van der Waals surface area contributed by atoms with Crippen LogP contribution in [-0.2, 0) is 4.57 Å². The van der Waals surface area contributed by atoms with E-state index in [2.05, 4.69) is 4.98 Å². The van der Waals surface area contributed by atoms with Crippen molar-refractivity contribution in [1.82, 2.24) is 4.98 Å². The standard InChI is InChI=1S/C6H7N2O5P/c7-4-3(6(9)10)1-2-8-5(4)14(11,12)13/h1-2H,7H2,(H,9,10)(H2,11,12,13). The molecule has 0 aromatic carbocycles. The lowest BCUT2D eigenvalue weighted by atomic mass is 10.2. The third kappa shape index (κ3) is 1.90. The Bertz CT molecular complexity index is 426. The fraction of sp³-hybridized carbons (Fsp3) is 0. The number of carboxylic acid groups (broad SMARTS) is 1. The number of nitrogens with zero attached hydrogens (tertiary/aromatic N) is 1.